The highest BCUT2D eigenvalue weighted by Gasteiger charge is 2.49. The largest absolute Gasteiger partial charge is 0.396 e. The van der Waals surface area contributed by atoms with Crippen LogP contribution in [-0.4, -0.2) is 66.8 Å². The second kappa shape index (κ2) is 8.42. The third-order valence-corrected chi connectivity index (χ3v) is 6.97. The van der Waals surface area contributed by atoms with Crippen molar-refractivity contribution in [2.45, 2.75) is 54.9 Å². The van der Waals surface area contributed by atoms with Crippen molar-refractivity contribution in [2.75, 3.05) is 6.61 Å². The van der Waals surface area contributed by atoms with Gasteiger partial charge in [0.05, 0.1) is 24.9 Å². The van der Waals surface area contributed by atoms with Crippen LogP contribution in [0.25, 0.3) is 0 Å². The number of hydrogen-bond acceptors (Lipinski definition) is 7. The Bertz CT molecular complexity index is 928. The van der Waals surface area contributed by atoms with Gasteiger partial charge in [0.2, 0.25) is 5.79 Å². The smallest absolute Gasteiger partial charge is 0.218 e. The van der Waals surface area contributed by atoms with Crippen molar-refractivity contribution in [3.8, 4) is 0 Å². The maximum Gasteiger partial charge on any atom is 0.218 e. The molecule has 8 heteroatoms. The first-order valence-corrected chi connectivity index (χ1v) is 10.7. The van der Waals surface area contributed by atoms with Crippen molar-refractivity contribution in [1.82, 2.24) is 0 Å². The van der Waals surface area contributed by atoms with Crippen LogP contribution in [0.4, 0.5) is 0 Å². The van der Waals surface area contributed by atoms with E-state index in [4.69, 9.17) is 11.6 Å². The van der Waals surface area contributed by atoms with Crippen LogP contribution in [0.3, 0.4) is 0 Å². The highest BCUT2D eigenvalue weighted by molar-refractivity contribution is 6.31. The normalized spacial score (nSPS) is 31.6. The lowest BCUT2D eigenvalue weighted by molar-refractivity contribution is -0.169. The highest BCUT2D eigenvalue weighted by atomic mass is 35.5. The number of benzene rings is 2. The summed E-state index contributed by atoms with van der Waals surface area (Å²) < 4.78 is 0. The zero-order valence-electron chi connectivity index (χ0n) is 16.7. The van der Waals surface area contributed by atoms with E-state index in [0.29, 0.717) is 5.92 Å². The molecule has 2 aliphatic carbocycles. The molecule has 2 fully saturated rings. The molecule has 0 saturated heterocycles. The minimum absolute atomic E-state index is 0.0496. The molecule has 2 saturated carbocycles. The first kappa shape index (κ1) is 22.6. The van der Waals surface area contributed by atoms with E-state index in [1.807, 2.05) is 12.1 Å². The van der Waals surface area contributed by atoms with Crippen LogP contribution in [0.1, 0.15) is 46.9 Å². The number of rotatable bonds is 5. The van der Waals surface area contributed by atoms with Gasteiger partial charge in [0.25, 0.3) is 0 Å². The van der Waals surface area contributed by atoms with Crippen LogP contribution in [0, 0.1) is 5.92 Å². The van der Waals surface area contributed by atoms with Crippen LogP contribution in [0.5, 0.6) is 0 Å². The number of hydrogen-bond donors (Lipinski definition) is 7. The van der Waals surface area contributed by atoms with Gasteiger partial charge < -0.3 is 35.7 Å². The van der Waals surface area contributed by atoms with Gasteiger partial charge >= 0.3 is 0 Å². The summed E-state index contributed by atoms with van der Waals surface area (Å²) in [6.45, 7) is -0.597. The summed E-state index contributed by atoms with van der Waals surface area (Å²) in [5.74, 6) is -4.08. The van der Waals surface area contributed by atoms with Crippen LogP contribution >= 0.6 is 11.6 Å². The molecule has 168 valence electrons. The molecule has 0 aromatic heterocycles. The van der Waals surface area contributed by atoms with E-state index in [1.165, 1.54) is 18.2 Å². The minimum Gasteiger partial charge on any atom is -0.396 e. The molecule has 0 amide bonds. The Balaban J connectivity index is 1.70. The monoisotopic (exact) mass is 450 g/mol. The van der Waals surface area contributed by atoms with Gasteiger partial charge in [-0.15, -0.1) is 0 Å². The molecule has 2 aliphatic rings. The first-order chi connectivity index (χ1) is 14.7. The van der Waals surface area contributed by atoms with E-state index >= 15 is 0 Å². The van der Waals surface area contributed by atoms with Gasteiger partial charge in [0.15, 0.2) is 0 Å². The van der Waals surface area contributed by atoms with Crippen molar-refractivity contribution >= 4 is 11.6 Å². The van der Waals surface area contributed by atoms with E-state index in [2.05, 4.69) is 0 Å². The first-order valence-electron chi connectivity index (χ1n) is 10.3. The van der Waals surface area contributed by atoms with Gasteiger partial charge in [-0.3, -0.25) is 0 Å². The molecule has 0 heterocycles. The van der Waals surface area contributed by atoms with Gasteiger partial charge in [0.1, 0.15) is 6.10 Å². The number of halogens is 1. The molecule has 7 N–H and O–H groups in total. The van der Waals surface area contributed by atoms with Crippen LogP contribution in [0.2, 0.25) is 5.02 Å². The van der Waals surface area contributed by atoms with Gasteiger partial charge in [-0.25, -0.2) is 0 Å². The van der Waals surface area contributed by atoms with Gasteiger partial charge in [0, 0.05) is 28.0 Å². The molecule has 0 spiro atoms. The van der Waals surface area contributed by atoms with Crippen LogP contribution < -0.4 is 0 Å². The molecule has 6 unspecified atom stereocenters. The summed E-state index contributed by atoms with van der Waals surface area (Å²) in [5.41, 5.74) is 1.58. The molecule has 7 nitrogen and oxygen atoms in total. The van der Waals surface area contributed by atoms with Crippen molar-refractivity contribution in [3.63, 3.8) is 0 Å². The summed E-state index contributed by atoms with van der Waals surface area (Å²) >= 11 is 6.27. The minimum atomic E-state index is -2.44. The summed E-state index contributed by atoms with van der Waals surface area (Å²) in [7, 11) is 0. The molecular formula is C23H27ClO7. The average molecular weight is 451 g/mol. The lowest BCUT2D eigenvalue weighted by Crippen LogP contribution is -2.58. The van der Waals surface area contributed by atoms with Crippen LogP contribution in [-0.2, 0) is 5.79 Å². The standard InChI is InChI=1S/C23H27ClO7/c24-17-8-5-13(18-19(26)15(10-25)20(27)22(29)21(18)28)9-16(17)23(30,31)14-6-3-12(4-7-14)11-1-2-11/h3-9,11,15,18-22,25-31H,1-2,10H2. The molecule has 6 atom stereocenters. The highest BCUT2D eigenvalue weighted by Crippen LogP contribution is 2.42. The second-order valence-corrected chi connectivity index (χ2v) is 9.05. The lowest BCUT2D eigenvalue weighted by atomic mass is 9.70. The van der Waals surface area contributed by atoms with Gasteiger partial charge in [-0.2, -0.15) is 0 Å². The zero-order valence-corrected chi connectivity index (χ0v) is 17.5. The third-order valence-electron chi connectivity index (χ3n) is 6.64. The summed E-state index contributed by atoms with van der Waals surface area (Å²) in [4.78, 5) is 0. The number of aliphatic hydroxyl groups excluding tert-OH is 5. The van der Waals surface area contributed by atoms with Gasteiger partial charge in [-0.05, 0) is 42.0 Å². The summed E-state index contributed by atoms with van der Waals surface area (Å²) in [5, 5.41) is 72.9. The SMILES string of the molecule is OCC1C(O)C(O)C(O)C(c2ccc(Cl)c(C(O)(O)c3ccc(C4CC4)cc3)c2)C1O. The molecule has 0 bridgehead atoms. The van der Waals surface area contributed by atoms with Crippen molar-refractivity contribution < 1.29 is 35.7 Å². The van der Waals surface area contributed by atoms with E-state index < -0.39 is 48.6 Å². The fourth-order valence-corrected chi connectivity index (χ4v) is 4.77. The maximum atomic E-state index is 10.9. The van der Waals surface area contributed by atoms with E-state index in [1.54, 1.807) is 12.1 Å². The Morgan fingerprint density at radius 3 is 2.00 bits per heavy atom. The van der Waals surface area contributed by atoms with E-state index in [-0.39, 0.29) is 21.7 Å². The second-order valence-electron chi connectivity index (χ2n) is 8.64. The predicted molar refractivity (Wildman–Crippen MR) is 112 cm³/mol. The lowest BCUT2D eigenvalue weighted by Gasteiger charge is -2.44. The Morgan fingerprint density at radius 2 is 1.42 bits per heavy atom. The fourth-order valence-electron chi connectivity index (χ4n) is 4.53. The van der Waals surface area contributed by atoms with Crippen molar-refractivity contribution in [3.05, 3.63) is 69.7 Å². The maximum absolute atomic E-state index is 10.9. The Hall–Kier alpha value is -1.55. The van der Waals surface area contributed by atoms with Crippen molar-refractivity contribution in [2.24, 2.45) is 5.92 Å². The quantitative estimate of drug-likeness (QED) is 0.330. The number of aliphatic hydroxyl groups is 7. The summed E-state index contributed by atoms with van der Waals surface area (Å²) in [6, 6.07) is 11.2. The molecule has 2 aromatic rings. The molecule has 0 aliphatic heterocycles. The fraction of sp³-hybridized carbons (Fsp3) is 0.478. The predicted octanol–water partition coefficient (Wildman–Crippen LogP) is 0.552. The third kappa shape index (κ3) is 4.01. The van der Waals surface area contributed by atoms with Crippen LogP contribution in [0.15, 0.2) is 42.5 Å². The topological polar surface area (TPSA) is 142 Å². The molecular weight excluding hydrogens is 424 g/mol. The Morgan fingerprint density at radius 1 is 0.806 bits per heavy atom. The van der Waals surface area contributed by atoms with Gasteiger partial charge in [-0.1, -0.05) is 41.9 Å². The molecule has 4 rings (SSSR count). The molecule has 2 aromatic carbocycles. The Labute approximate surface area is 184 Å². The summed E-state index contributed by atoms with van der Waals surface area (Å²) in [6.07, 6.45) is -3.76. The zero-order chi connectivity index (χ0) is 22.5. The molecule has 0 radical (unpaired) electrons. The average Bonchev–Trinajstić information content (AvgIpc) is 3.59. The Kier molecular flexibility index (Phi) is 6.15. The molecule has 31 heavy (non-hydrogen) atoms. The van der Waals surface area contributed by atoms with Crippen molar-refractivity contribution in [1.29, 1.82) is 0 Å². The van der Waals surface area contributed by atoms with E-state index in [0.717, 1.165) is 18.4 Å². The van der Waals surface area contributed by atoms with E-state index in [9.17, 15) is 35.7 Å².